The molecule has 9 heteroatoms. The Hall–Kier alpha value is -2.49. The van der Waals surface area contributed by atoms with Gasteiger partial charge in [0, 0.05) is 12.8 Å². The van der Waals surface area contributed by atoms with Gasteiger partial charge in [-0.1, -0.05) is 166 Å². The van der Waals surface area contributed by atoms with Crippen LogP contribution in [0.25, 0.3) is 0 Å². The van der Waals surface area contributed by atoms with Gasteiger partial charge in [0.1, 0.15) is 13.2 Å². The molecule has 0 aliphatic heterocycles. The van der Waals surface area contributed by atoms with Gasteiger partial charge >= 0.3 is 11.9 Å². The van der Waals surface area contributed by atoms with Crippen LogP contribution < -0.4 is 5.11 Å². The summed E-state index contributed by atoms with van der Waals surface area (Å²) in [6.07, 6.45) is 42.3. The van der Waals surface area contributed by atoms with Crippen molar-refractivity contribution in [1.82, 2.24) is 0 Å². The van der Waals surface area contributed by atoms with Gasteiger partial charge in [-0.2, -0.15) is 0 Å². The summed E-state index contributed by atoms with van der Waals surface area (Å²) in [5.41, 5.74) is 0. The molecule has 0 fully saturated rings. The fourth-order valence-corrected chi connectivity index (χ4v) is 6.25. The zero-order valence-electron chi connectivity index (χ0n) is 37.5. The number of aliphatic carboxylic acids is 1. The summed E-state index contributed by atoms with van der Waals surface area (Å²) in [5.74, 6) is -2.30. The molecule has 0 aromatic heterocycles. The third kappa shape index (κ3) is 41.5. The number of nitrogens with zero attached hydrogens (tertiary/aromatic N) is 1. The fraction of sp³-hybridized carbons (Fsp3) is 0.812. The lowest BCUT2D eigenvalue weighted by atomic mass is 10.0. The molecule has 0 aliphatic rings. The standard InChI is InChI=1S/C48H87NO8/c1-6-8-10-12-13-14-15-16-17-18-19-20-21-22-23-24-25-26-27-28-29-30-31-32-33-35-37-39-46(51)57-44(42-55-45(50)38-36-34-11-9-7-2)43-56-48(47(52)53)54-41-40-49(3,4)5/h15-16,18-19,21-22,44,48H,6-14,17,20,23-43H2,1-5H3/b16-15-,19-18-,22-21-. The van der Waals surface area contributed by atoms with Crippen LogP contribution in [0.15, 0.2) is 36.5 Å². The Morgan fingerprint density at radius 3 is 1.40 bits per heavy atom. The molecule has 0 N–H and O–H groups in total. The van der Waals surface area contributed by atoms with E-state index in [-0.39, 0.29) is 38.6 Å². The van der Waals surface area contributed by atoms with Crippen molar-refractivity contribution in [3.05, 3.63) is 36.5 Å². The Morgan fingerprint density at radius 1 is 0.526 bits per heavy atom. The van der Waals surface area contributed by atoms with Gasteiger partial charge in [0.05, 0.1) is 40.3 Å². The van der Waals surface area contributed by atoms with Gasteiger partial charge < -0.3 is 33.3 Å². The van der Waals surface area contributed by atoms with Crippen molar-refractivity contribution in [3.8, 4) is 0 Å². The largest absolute Gasteiger partial charge is 0.545 e. The minimum absolute atomic E-state index is 0.148. The third-order valence-corrected chi connectivity index (χ3v) is 9.89. The smallest absolute Gasteiger partial charge is 0.306 e. The van der Waals surface area contributed by atoms with E-state index in [1.54, 1.807) is 0 Å². The van der Waals surface area contributed by atoms with Crippen LogP contribution in [0.1, 0.15) is 194 Å². The molecular formula is C48H87NO8. The number of carbonyl (C=O) groups is 3. The second-order valence-electron chi connectivity index (χ2n) is 16.7. The van der Waals surface area contributed by atoms with Gasteiger partial charge in [-0.3, -0.25) is 9.59 Å². The third-order valence-electron chi connectivity index (χ3n) is 9.89. The van der Waals surface area contributed by atoms with Crippen molar-refractivity contribution in [1.29, 1.82) is 0 Å². The number of carboxylic acid groups (broad SMARTS) is 1. The molecule has 0 aromatic rings. The summed E-state index contributed by atoms with van der Waals surface area (Å²) in [6, 6.07) is 0. The van der Waals surface area contributed by atoms with Gasteiger partial charge in [0.2, 0.25) is 0 Å². The molecule has 332 valence electrons. The van der Waals surface area contributed by atoms with E-state index in [2.05, 4.69) is 50.3 Å². The summed E-state index contributed by atoms with van der Waals surface area (Å²) in [4.78, 5) is 36.6. The van der Waals surface area contributed by atoms with Gasteiger partial charge in [0.25, 0.3) is 0 Å². The predicted molar refractivity (Wildman–Crippen MR) is 232 cm³/mol. The molecule has 0 saturated heterocycles. The number of quaternary nitrogens is 1. The van der Waals surface area contributed by atoms with Crippen molar-refractivity contribution in [2.75, 3.05) is 47.5 Å². The number of hydrogen-bond donors (Lipinski definition) is 0. The summed E-state index contributed by atoms with van der Waals surface area (Å²) in [7, 11) is 5.89. The second-order valence-corrected chi connectivity index (χ2v) is 16.7. The number of rotatable bonds is 42. The Bertz CT molecular complexity index is 1030. The van der Waals surface area contributed by atoms with Crippen LogP contribution in [0.5, 0.6) is 0 Å². The van der Waals surface area contributed by atoms with Crippen molar-refractivity contribution >= 4 is 17.9 Å². The quantitative estimate of drug-likeness (QED) is 0.0197. The first-order chi connectivity index (χ1) is 27.6. The number of allylic oxidation sites excluding steroid dienone is 6. The summed E-state index contributed by atoms with van der Waals surface area (Å²) >= 11 is 0. The highest BCUT2D eigenvalue weighted by Gasteiger charge is 2.21. The van der Waals surface area contributed by atoms with Crippen LogP contribution in [0.4, 0.5) is 0 Å². The van der Waals surface area contributed by atoms with Crippen LogP contribution >= 0.6 is 0 Å². The number of esters is 2. The molecule has 0 saturated carbocycles. The molecule has 9 nitrogen and oxygen atoms in total. The zero-order valence-corrected chi connectivity index (χ0v) is 37.5. The van der Waals surface area contributed by atoms with E-state index in [4.69, 9.17) is 18.9 Å². The van der Waals surface area contributed by atoms with Crippen LogP contribution in [-0.2, 0) is 33.3 Å². The number of carboxylic acids is 1. The molecule has 0 aromatic carbocycles. The fourth-order valence-electron chi connectivity index (χ4n) is 6.25. The molecule has 57 heavy (non-hydrogen) atoms. The Balaban J connectivity index is 4.09. The first kappa shape index (κ1) is 54.5. The first-order valence-corrected chi connectivity index (χ1v) is 23.1. The number of carbonyl (C=O) groups excluding carboxylic acids is 3. The Labute approximate surface area is 350 Å². The van der Waals surface area contributed by atoms with E-state index in [1.165, 1.54) is 96.3 Å². The van der Waals surface area contributed by atoms with Crippen molar-refractivity contribution in [2.45, 2.75) is 206 Å². The van der Waals surface area contributed by atoms with Crippen LogP contribution in [-0.4, -0.2) is 82.3 Å². The van der Waals surface area contributed by atoms with E-state index < -0.39 is 24.3 Å². The molecular weight excluding hydrogens is 719 g/mol. The second kappa shape index (κ2) is 40.3. The van der Waals surface area contributed by atoms with Gasteiger partial charge in [-0.15, -0.1) is 0 Å². The highest BCUT2D eigenvalue weighted by molar-refractivity contribution is 5.70. The minimum atomic E-state index is -1.62. The first-order valence-electron chi connectivity index (χ1n) is 23.1. The molecule has 0 aliphatic carbocycles. The number of likely N-dealkylation sites (N-methyl/N-ethyl adjacent to an activating group) is 1. The van der Waals surface area contributed by atoms with Gasteiger partial charge in [-0.25, -0.2) is 0 Å². The number of unbranched alkanes of at least 4 members (excludes halogenated alkanes) is 21. The van der Waals surface area contributed by atoms with Crippen LogP contribution in [0.3, 0.4) is 0 Å². The lowest BCUT2D eigenvalue weighted by Crippen LogP contribution is -2.44. The van der Waals surface area contributed by atoms with Crippen LogP contribution in [0, 0.1) is 0 Å². The molecule has 2 atom stereocenters. The molecule has 0 bridgehead atoms. The summed E-state index contributed by atoms with van der Waals surface area (Å²) in [5, 5.41) is 11.6. The maximum absolute atomic E-state index is 12.7. The Kier molecular flexibility index (Phi) is 38.5. The van der Waals surface area contributed by atoms with Gasteiger partial charge in [0.15, 0.2) is 12.4 Å². The summed E-state index contributed by atoms with van der Waals surface area (Å²) in [6.45, 7) is 4.63. The highest BCUT2D eigenvalue weighted by Crippen LogP contribution is 2.14. The number of hydrogen-bond acceptors (Lipinski definition) is 8. The van der Waals surface area contributed by atoms with Crippen molar-refractivity contribution in [2.24, 2.45) is 0 Å². The molecule has 2 unspecified atom stereocenters. The zero-order chi connectivity index (χ0) is 42.1. The maximum Gasteiger partial charge on any atom is 0.306 e. The average Bonchev–Trinajstić information content (AvgIpc) is 3.17. The van der Waals surface area contributed by atoms with E-state index in [1.807, 2.05) is 21.1 Å². The normalized spacial score (nSPS) is 13.2. The van der Waals surface area contributed by atoms with Gasteiger partial charge in [-0.05, 0) is 51.4 Å². The SMILES string of the molecule is CCCCCCC/C=C\C/C=C\C/C=C\CCCCCCCCCCCCCCC(=O)OC(COC(=O)CCCCCCC)COC(OCC[N+](C)(C)C)C(=O)[O-]. The topological polar surface area (TPSA) is 111 Å². The average molecular weight is 806 g/mol. The lowest BCUT2D eigenvalue weighted by molar-refractivity contribution is -0.870. The molecule has 0 amide bonds. The van der Waals surface area contributed by atoms with E-state index in [9.17, 15) is 19.5 Å². The van der Waals surface area contributed by atoms with E-state index >= 15 is 0 Å². The predicted octanol–water partition coefficient (Wildman–Crippen LogP) is 10.9. The molecule has 0 rings (SSSR count). The van der Waals surface area contributed by atoms with Crippen molar-refractivity contribution < 1.29 is 42.9 Å². The number of ether oxygens (including phenoxy) is 4. The highest BCUT2D eigenvalue weighted by atomic mass is 16.7. The van der Waals surface area contributed by atoms with Crippen LogP contribution in [0.2, 0.25) is 0 Å². The monoisotopic (exact) mass is 806 g/mol. The molecule has 0 heterocycles. The van der Waals surface area contributed by atoms with E-state index in [0.717, 1.165) is 64.2 Å². The minimum Gasteiger partial charge on any atom is -0.545 e. The molecule has 0 spiro atoms. The lowest BCUT2D eigenvalue weighted by Gasteiger charge is -2.26. The Morgan fingerprint density at radius 2 is 0.947 bits per heavy atom. The maximum atomic E-state index is 12.7. The molecule has 0 radical (unpaired) electrons. The van der Waals surface area contributed by atoms with E-state index in [0.29, 0.717) is 17.4 Å². The van der Waals surface area contributed by atoms with Crippen molar-refractivity contribution in [3.63, 3.8) is 0 Å². The summed E-state index contributed by atoms with van der Waals surface area (Å²) < 4.78 is 22.4.